The molecule has 1 aromatic carbocycles. The van der Waals surface area contributed by atoms with E-state index in [1.165, 1.54) is 5.56 Å². The van der Waals surface area contributed by atoms with Crippen LogP contribution in [0.5, 0.6) is 0 Å². The SMILES string of the molecule is C/C(NC(C)c1ccccc1)=C(/C)C(=O)OC(C)(C)C. The van der Waals surface area contributed by atoms with E-state index in [0.29, 0.717) is 5.57 Å². The number of hydrogen-bond acceptors (Lipinski definition) is 3. The zero-order valence-corrected chi connectivity index (χ0v) is 13.3. The number of esters is 1. The lowest BCUT2D eigenvalue weighted by Crippen LogP contribution is -2.26. The molecule has 0 amide bonds. The average Bonchev–Trinajstić information content (AvgIpc) is 2.36. The molecule has 0 saturated carbocycles. The molecule has 0 fully saturated rings. The third-order valence-corrected chi connectivity index (χ3v) is 3.00. The second kappa shape index (κ2) is 6.60. The molecule has 0 radical (unpaired) electrons. The van der Waals surface area contributed by atoms with Gasteiger partial charge in [0.15, 0.2) is 0 Å². The number of nitrogens with one attached hydrogen (secondary N) is 1. The summed E-state index contributed by atoms with van der Waals surface area (Å²) >= 11 is 0. The Morgan fingerprint density at radius 3 is 2.20 bits per heavy atom. The number of carbonyl (C=O) groups is 1. The van der Waals surface area contributed by atoms with Gasteiger partial charge in [-0.2, -0.15) is 0 Å². The molecule has 1 atom stereocenters. The maximum Gasteiger partial charge on any atom is 0.335 e. The summed E-state index contributed by atoms with van der Waals surface area (Å²) in [4.78, 5) is 12.0. The molecule has 0 saturated heterocycles. The topological polar surface area (TPSA) is 38.3 Å². The smallest absolute Gasteiger partial charge is 0.335 e. The molecule has 3 heteroatoms. The van der Waals surface area contributed by atoms with Gasteiger partial charge in [0.2, 0.25) is 0 Å². The molecule has 0 heterocycles. The molecule has 0 spiro atoms. The van der Waals surface area contributed by atoms with Gasteiger partial charge in [-0.25, -0.2) is 4.79 Å². The first-order chi connectivity index (χ1) is 9.20. The molecule has 3 nitrogen and oxygen atoms in total. The Balaban J connectivity index is 2.75. The summed E-state index contributed by atoms with van der Waals surface area (Å²) in [6.45, 7) is 11.4. The molecular weight excluding hydrogens is 250 g/mol. The number of rotatable bonds is 4. The summed E-state index contributed by atoms with van der Waals surface area (Å²) in [5.41, 5.74) is 2.17. The summed E-state index contributed by atoms with van der Waals surface area (Å²) in [6.07, 6.45) is 0. The Kier molecular flexibility index (Phi) is 5.37. The molecular formula is C17H25NO2. The molecule has 1 unspecified atom stereocenters. The quantitative estimate of drug-likeness (QED) is 0.667. The lowest BCUT2D eigenvalue weighted by atomic mass is 10.1. The van der Waals surface area contributed by atoms with Gasteiger partial charge in [-0.05, 0) is 47.1 Å². The van der Waals surface area contributed by atoms with Gasteiger partial charge in [-0.3, -0.25) is 0 Å². The van der Waals surface area contributed by atoms with E-state index in [1.54, 1.807) is 6.92 Å². The van der Waals surface area contributed by atoms with Crippen LogP contribution < -0.4 is 5.32 Å². The molecule has 1 aromatic rings. The highest BCUT2D eigenvalue weighted by Crippen LogP contribution is 2.16. The van der Waals surface area contributed by atoms with E-state index in [-0.39, 0.29) is 12.0 Å². The first-order valence-electron chi connectivity index (χ1n) is 6.93. The molecule has 0 aromatic heterocycles. The fourth-order valence-corrected chi connectivity index (χ4v) is 1.77. The second-order valence-electron chi connectivity index (χ2n) is 6.03. The predicted octanol–water partition coefficient (Wildman–Crippen LogP) is 3.97. The molecule has 110 valence electrons. The molecule has 0 aliphatic carbocycles. The fraction of sp³-hybridized carbons (Fsp3) is 0.471. The van der Waals surface area contributed by atoms with Crippen molar-refractivity contribution in [3.05, 3.63) is 47.2 Å². The summed E-state index contributed by atoms with van der Waals surface area (Å²) < 4.78 is 5.37. The zero-order chi connectivity index (χ0) is 15.3. The Hall–Kier alpha value is -1.77. The van der Waals surface area contributed by atoms with Crippen molar-refractivity contribution in [3.63, 3.8) is 0 Å². The van der Waals surface area contributed by atoms with Crippen molar-refractivity contribution in [1.29, 1.82) is 0 Å². The molecule has 20 heavy (non-hydrogen) atoms. The highest BCUT2D eigenvalue weighted by Gasteiger charge is 2.19. The summed E-state index contributed by atoms with van der Waals surface area (Å²) in [5, 5.41) is 3.34. The molecule has 0 aliphatic heterocycles. The minimum Gasteiger partial charge on any atom is -0.457 e. The van der Waals surface area contributed by atoms with Gasteiger partial charge in [-0.1, -0.05) is 30.3 Å². The van der Waals surface area contributed by atoms with Crippen molar-refractivity contribution in [1.82, 2.24) is 5.32 Å². The largest absolute Gasteiger partial charge is 0.457 e. The fourth-order valence-electron chi connectivity index (χ4n) is 1.77. The van der Waals surface area contributed by atoms with Crippen molar-refractivity contribution in [2.45, 2.75) is 53.2 Å². The van der Waals surface area contributed by atoms with E-state index in [9.17, 15) is 4.79 Å². The van der Waals surface area contributed by atoms with Crippen molar-refractivity contribution in [2.24, 2.45) is 0 Å². The highest BCUT2D eigenvalue weighted by atomic mass is 16.6. The molecule has 0 bridgehead atoms. The van der Waals surface area contributed by atoms with Crippen LogP contribution in [0.3, 0.4) is 0 Å². The predicted molar refractivity (Wildman–Crippen MR) is 82.2 cm³/mol. The van der Waals surface area contributed by atoms with Gasteiger partial charge in [0, 0.05) is 11.7 Å². The van der Waals surface area contributed by atoms with Crippen molar-refractivity contribution >= 4 is 5.97 Å². The Labute approximate surface area is 122 Å². The molecule has 1 rings (SSSR count). The maximum atomic E-state index is 12.0. The normalized spacial score (nSPS) is 14.3. The number of hydrogen-bond donors (Lipinski definition) is 1. The van der Waals surface area contributed by atoms with Crippen LogP contribution in [0.25, 0.3) is 0 Å². The third-order valence-electron chi connectivity index (χ3n) is 3.00. The van der Waals surface area contributed by atoms with Gasteiger partial charge >= 0.3 is 5.97 Å². The first-order valence-corrected chi connectivity index (χ1v) is 6.93. The third kappa shape index (κ3) is 5.08. The Morgan fingerprint density at radius 1 is 1.15 bits per heavy atom. The van der Waals surface area contributed by atoms with E-state index >= 15 is 0 Å². The Morgan fingerprint density at radius 2 is 1.70 bits per heavy atom. The number of allylic oxidation sites excluding steroid dienone is 1. The van der Waals surface area contributed by atoms with Crippen LogP contribution in [0.15, 0.2) is 41.6 Å². The van der Waals surface area contributed by atoms with Gasteiger partial charge in [-0.15, -0.1) is 0 Å². The molecule has 1 N–H and O–H groups in total. The highest BCUT2D eigenvalue weighted by molar-refractivity contribution is 5.88. The lowest BCUT2D eigenvalue weighted by molar-refractivity contribution is -0.149. The Bertz CT molecular complexity index is 483. The number of carbonyl (C=O) groups excluding carboxylic acids is 1. The number of benzene rings is 1. The average molecular weight is 275 g/mol. The van der Waals surface area contributed by atoms with Crippen molar-refractivity contribution in [3.8, 4) is 0 Å². The van der Waals surface area contributed by atoms with Gasteiger partial charge < -0.3 is 10.1 Å². The van der Waals surface area contributed by atoms with Crippen LogP contribution in [-0.4, -0.2) is 11.6 Å². The van der Waals surface area contributed by atoms with Crippen LogP contribution in [0.2, 0.25) is 0 Å². The second-order valence-corrected chi connectivity index (χ2v) is 6.03. The summed E-state index contributed by atoms with van der Waals surface area (Å²) in [7, 11) is 0. The first kappa shape index (κ1) is 16.3. The van der Waals surface area contributed by atoms with Crippen LogP contribution >= 0.6 is 0 Å². The van der Waals surface area contributed by atoms with E-state index in [4.69, 9.17) is 4.74 Å². The van der Waals surface area contributed by atoms with Gasteiger partial charge in [0.05, 0.1) is 5.57 Å². The number of ether oxygens (including phenoxy) is 1. The van der Waals surface area contributed by atoms with Gasteiger partial charge in [0.1, 0.15) is 5.60 Å². The zero-order valence-electron chi connectivity index (χ0n) is 13.3. The monoisotopic (exact) mass is 275 g/mol. The van der Waals surface area contributed by atoms with Crippen LogP contribution in [0.4, 0.5) is 0 Å². The van der Waals surface area contributed by atoms with E-state index in [0.717, 1.165) is 5.70 Å². The van der Waals surface area contributed by atoms with Crippen LogP contribution in [-0.2, 0) is 9.53 Å². The minimum absolute atomic E-state index is 0.147. The standard InChI is InChI=1S/C17H25NO2/c1-12(16(19)20-17(4,5)6)13(2)18-14(3)15-10-8-7-9-11-15/h7-11,14,18H,1-6H3/b13-12+. The van der Waals surface area contributed by atoms with E-state index in [2.05, 4.69) is 24.4 Å². The van der Waals surface area contributed by atoms with Crippen LogP contribution in [0, 0.1) is 0 Å². The summed E-state index contributed by atoms with van der Waals surface area (Å²) in [5.74, 6) is -0.275. The van der Waals surface area contributed by atoms with Crippen molar-refractivity contribution in [2.75, 3.05) is 0 Å². The maximum absolute atomic E-state index is 12.0. The summed E-state index contributed by atoms with van der Waals surface area (Å²) in [6, 6.07) is 10.3. The van der Waals surface area contributed by atoms with Gasteiger partial charge in [0.25, 0.3) is 0 Å². The van der Waals surface area contributed by atoms with E-state index < -0.39 is 5.60 Å². The minimum atomic E-state index is -0.469. The molecule has 0 aliphatic rings. The van der Waals surface area contributed by atoms with E-state index in [1.807, 2.05) is 45.9 Å². The lowest BCUT2D eigenvalue weighted by Gasteiger charge is -2.22. The van der Waals surface area contributed by atoms with Crippen molar-refractivity contribution < 1.29 is 9.53 Å². The van der Waals surface area contributed by atoms with Crippen LogP contribution in [0.1, 0.15) is 53.1 Å².